The average Bonchev–Trinajstić information content (AvgIpc) is 3.33. The van der Waals surface area contributed by atoms with E-state index < -0.39 is 0 Å². The SMILES string of the molecule is CC1CC1c1noc(CC(=O)Nc2cc(C3CC3)[nH]n2)n1. The number of nitrogens with zero attached hydrogens (tertiary/aromatic N) is 3. The molecule has 2 fully saturated rings. The summed E-state index contributed by atoms with van der Waals surface area (Å²) in [5.41, 5.74) is 1.09. The van der Waals surface area contributed by atoms with Gasteiger partial charge in [0.05, 0.1) is 0 Å². The molecule has 0 bridgehead atoms. The lowest BCUT2D eigenvalue weighted by Crippen LogP contribution is -2.14. The molecule has 2 atom stereocenters. The Kier molecular flexibility index (Phi) is 2.80. The van der Waals surface area contributed by atoms with Crippen molar-refractivity contribution in [1.82, 2.24) is 20.3 Å². The Morgan fingerprint density at radius 3 is 3.05 bits per heavy atom. The zero-order chi connectivity index (χ0) is 14.4. The number of carbonyl (C=O) groups excluding carboxylic acids is 1. The summed E-state index contributed by atoms with van der Waals surface area (Å²) < 4.78 is 5.13. The maximum absolute atomic E-state index is 11.9. The van der Waals surface area contributed by atoms with Gasteiger partial charge in [0, 0.05) is 23.6 Å². The van der Waals surface area contributed by atoms with Crippen molar-refractivity contribution >= 4 is 11.7 Å². The number of hydrogen-bond acceptors (Lipinski definition) is 5. The molecular formula is C14H17N5O2. The van der Waals surface area contributed by atoms with Crippen LogP contribution in [0.5, 0.6) is 0 Å². The molecule has 2 unspecified atom stereocenters. The molecule has 2 aliphatic rings. The van der Waals surface area contributed by atoms with Crippen molar-refractivity contribution in [3.63, 3.8) is 0 Å². The molecule has 4 rings (SSSR count). The smallest absolute Gasteiger partial charge is 0.236 e. The van der Waals surface area contributed by atoms with E-state index in [1.54, 1.807) is 0 Å². The van der Waals surface area contributed by atoms with E-state index in [0.717, 1.165) is 17.9 Å². The van der Waals surface area contributed by atoms with Gasteiger partial charge in [-0.2, -0.15) is 10.1 Å². The molecule has 2 aromatic heterocycles. The minimum absolute atomic E-state index is 0.0831. The highest BCUT2D eigenvalue weighted by molar-refractivity contribution is 5.90. The number of hydrogen-bond donors (Lipinski definition) is 2. The van der Waals surface area contributed by atoms with Gasteiger partial charge in [-0.05, 0) is 25.2 Å². The van der Waals surface area contributed by atoms with Crippen molar-refractivity contribution < 1.29 is 9.32 Å². The predicted molar refractivity (Wildman–Crippen MR) is 73.7 cm³/mol. The van der Waals surface area contributed by atoms with Gasteiger partial charge in [0.15, 0.2) is 11.6 Å². The van der Waals surface area contributed by atoms with E-state index in [1.807, 2.05) is 6.07 Å². The molecule has 2 saturated carbocycles. The summed E-state index contributed by atoms with van der Waals surface area (Å²) in [5, 5.41) is 13.7. The lowest BCUT2D eigenvalue weighted by Gasteiger charge is -1.97. The number of aromatic nitrogens is 4. The van der Waals surface area contributed by atoms with Crippen LogP contribution >= 0.6 is 0 Å². The van der Waals surface area contributed by atoms with Gasteiger partial charge in [-0.25, -0.2) is 0 Å². The van der Waals surface area contributed by atoms with Crippen LogP contribution in [0.2, 0.25) is 0 Å². The topological polar surface area (TPSA) is 96.7 Å². The number of rotatable bonds is 5. The maximum atomic E-state index is 11.9. The monoisotopic (exact) mass is 287 g/mol. The molecule has 7 nitrogen and oxygen atoms in total. The van der Waals surface area contributed by atoms with Crippen LogP contribution in [0.1, 0.15) is 55.4 Å². The summed E-state index contributed by atoms with van der Waals surface area (Å²) in [7, 11) is 0. The van der Waals surface area contributed by atoms with Crippen molar-refractivity contribution in [2.45, 2.75) is 44.4 Å². The third kappa shape index (κ3) is 2.68. The van der Waals surface area contributed by atoms with Crippen LogP contribution in [0.4, 0.5) is 5.82 Å². The zero-order valence-electron chi connectivity index (χ0n) is 11.8. The molecule has 0 radical (unpaired) electrons. The number of H-pyrrole nitrogens is 1. The summed E-state index contributed by atoms with van der Waals surface area (Å²) in [5.74, 6) is 3.05. The fourth-order valence-electron chi connectivity index (χ4n) is 2.50. The van der Waals surface area contributed by atoms with Crippen LogP contribution in [0.3, 0.4) is 0 Å². The number of carbonyl (C=O) groups is 1. The molecule has 21 heavy (non-hydrogen) atoms. The van der Waals surface area contributed by atoms with E-state index >= 15 is 0 Å². The predicted octanol–water partition coefficient (Wildman–Crippen LogP) is 1.97. The third-order valence-corrected chi connectivity index (χ3v) is 4.12. The third-order valence-electron chi connectivity index (χ3n) is 4.12. The maximum Gasteiger partial charge on any atom is 0.236 e. The van der Waals surface area contributed by atoms with E-state index in [-0.39, 0.29) is 12.3 Å². The van der Waals surface area contributed by atoms with Gasteiger partial charge in [-0.3, -0.25) is 9.89 Å². The largest absolute Gasteiger partial charge is 0.339 e. The molecule has 2 aliphatic carbocycles. The second-order valence-electron chi connectivity index (χ2n) is 6.07. The molecular weight excluding hydrogens is 270 g/mol. The lowest BCUT2D eigenvalue weighted by atomic mass is 10.3. The zero-order valence-corrected chi connectivity index (χ0v) is 11.8. The summed E-state index contributed by atoms with van der Waals surface area (Å²) in [6.45, 7) is 2.16. The summed E-state index contributed by atoms with van der Waals surface area (Å²) in [6, 6.07) is 1.89. The molecule has 110 valence electrons. The van der Waals surface area contributed by atoms with Gasteiger partial charge in [-0.1, -0.05) is 12.1 Å². The quantitative estimate of drug-likeness (QED) is 0.876. The summed E-state index contributed by atoms with van der Waals surface area (Å²) in [6.07, 6.45) is 3.57. The van der Waals surface area contributed by atoms with Gasteiger partial charge in [0.25, 0.3) is 0 Å². The first-order valence-electron chi connectivity index (χ1n) is 7.36. The fourth-order valence-corrected chi connectivity index (χ4v) is 2.50. The van der Waals surface area contributed by atoms with E-state index in [2.05, 4.69) is 32.6 Å². The second-order valence-corrected chi connectivity index (χ2v) is 6.07. The second kappa shape index (κ2) is 4.68. The first-order valence-corrected chi connectivity index (χ1v) is 7.36. The number of nitrogens with one attached hydrogen (secondary N) is 2. The Labute approximate surface area is 121 Å². The fraction of sp³-hybridized carbons (Fsp3) is 0.571. The Hall–Kier alpha value is -2.18. The molecule has 2 N–H and O–H groups in total. The molecule has 1 amide bonds. The minimum atomic E-state index is -0.192. The molecule has 2 heterocycles. The average molecular weight is 287 g/mol. The van der Waals surface area contributed by atoms with E-state index in [9.17, 15) is 4.79 Å². The van der Waals surface area contributed by atoms with E-state index in [1.165, 1.54) is 12.8 Å². The Bertz CT molecular complexity index is 672. The number of anilines is 1. The van der Waals surface area contributed by atoms with Crippen LogP contribution in [0, 0.1) is 5.92 Å². The van der Waals surface area contributed by atoms with Crippen molar-refractivity contribution in [2.75, 3.05) is 5.32 Å². The minimum Gasteiger partial charge on any atom is -0.339 e. The molecule has 0 spiro atoms. The van der Waals surface area contributed by atoms with Crippen molar-refractivity contribution in [2.24, 2.45) is 5.92 Å². The first-order chi connectivity index (χ1) is 10.2. The standard InChI is InChI=1S/C14H17N5O2/c1-7-4-9(7)14-16-13(21-19-14)6-12(20)15-11-5-10(17-18-11)8-2-3-8/h5,7-9H,2-4,6H2,1H3,(H2,15,17,18,20). The summed E-state index contributed by atoms with van der Waals surface area (Å²) >= 11 is 0. The molecule has 0 aliphatic heterocycles. The molecule has 2 aromatic rings. The molecule has 0 aromatic carbocycles. The van der Waals surface area contributed by atoms with Crippen LogP contribution in [-0.2, 0) is 11.2 Å². The van der Waals surface area contributed by atoms with Crippen LogP contribution < -0.4 is 5.32 Å². The molecule has 0 saturated heterocycles. The highest BCUT2D eigenvalue weighted by Gasteiger charge is 2.38. The van der Waals surface area contributed by atoms with Crippen LogP contribution in [0.25, 0.3) is 0 Å². The van der Waals surface area contributed by atoms with Gasteiger partial charge in [0.2, 0.25) is 11.8 Å². The Morgan fingerprint density at radius 2 is 2.33 bits per heavy atom. The summed E-state index contributed by atoms with van der Waals surface area (Å²) in [4.78, 5) is 16.2. The molecule has 7 heteroatoms. The first kappa shape index (κ1) is 12.6. The van der Waals surface area contributed by atoms with Gasteiger partial charge < -0.3 is 9.84 Å². The van der Waals surface area contributed by atoms with Crippen molar-refractivity contribution in [3.05, 3.63) is 23.5 Å². The van der Waals surface area contributed by atoms with Crippen molar-refractivity contribution in [3.8, 4) is 0 Å². The lowest BCUT2D eigenvalue weighted by molar-refractivity contribution is -0.115. The highest BCUT2D eigenvalue weighted by Crippen LogP contribution is 2.45. The van der Waals surface area contributed by atoms with Gasteiger partial charge >= 0.3 is 0 Å². The van der Waals surface area contributed by atoms with Crippen molar-refractivity contribution in [1.29, 1.82) is 0 Å². The van der Waals surface area contributed by atoms with E-state index in [0.29, 0.717) is 29.5 Å². The van der Waals surface area contributed by atoms with Crippen LogP contribution in [-0.4, -0.2) is 26.2 Å². The Balaban J connectivity index is 1.35. The normalized spacial score (nSPS) is 24.0. The van der Waals surface area contributed by atoms with Crippen LogP contribution in [0.15, 0.2) is 10.6 Å². The van der Waals surface area contributed by atoms with Gasteiger partial charge in [-0.15, -0.1) is 0 Å². The Morgan fingerprint density at radius 1 is 1.52 bits per heavy atom. The number of aromatic amines is 1. The number of amides is 1. The van der Waals surface area contributed by atoms with Gasteiger partial charge in [0.1, 0.15) is 6.42 Å². The van der Waals surface area contributed by atoms with E-state index in [4.69, 9.17) is 4.52 Å². The highest BCUT2D eigenvalue weighted by atomic mass is 16.5.